The molecule has 2 atom stereocenters. The van der Waals surface area contributed by atoms with Crippen LogP contribution in [0.5, 0.6) is 0 Å². The molecule has 0 spiro atoms. The number of carbonyl (C=O) groups excluding carboxylic acids is 1. The van der Waals surface area contributed by atoms with Gasteiger partial charge in [0.2, 0.25) is 0 Å². The van der Waals surface area contributed by atoms with Crippen molar-refractivity contribution >= 4 is 23.1 Å². The number of anilines is 3. The Balaban J connectivity index is 1.06. The van der Waals surface area contributed by atoms with E-state index < -0.39 is 0 Å². The third kappa shape index (κ3) is 4.68. The summed E-state index contributed by atoms with van der Waals surface area (Å²) in [5.41, 5.74) is 3.99. The first-order chi connectivity index (χ1) is 18.1. The van der Waals surface area contributed by atoms with E-state index in [2.05, 4.69) is 9.80 Å². The zero-order chi connectivity index (χ0) is 25.4. The molecule has 3 aromatic carbocycles. The zero-order valence-electron chi connectivity index (χ0n) is 20.9. The SMILES string of the molecule is O=C1N(CCCCN2CCC3C(C2)c2cc(F)ccc2N3c2ccc(F)cc2)CCN1c1ccccc1. The molecular weight excluding hydrogens is 470 g/mol. The summed E-state index contributed by atoms with van der Waals surface area (Å²) in [7, 11) is 0. The van der Waals surface area contributed by atoms with Crippen LogP contribution in [0.3, 0.4) is 0 Å². The van der Waals surface area contributed by atoms with E-state index in [9.17, 15) is 13.6 Å². The van der Waals surface area contributed by atoms with E-state index in [1.54, 1.807) is 6.07 Å². The fourth-order valence-electron chi connectivity index (χ4n) is 6.25. The van der Waals surface area contributed by atoms with Gasteiger partial charge in [0, 0.05) is 61.7 Å². The minimum Gasteiger partial charge on any atom is -0.337 e. The van der Waals surface area contributed by atoms with Gasteiger partial charge in [0.25, 0.3) is 0 Å². The van der Waals surface area contributed by atoms with Gasteiger partial charge in [0.15, 0.2) is 0 Å². The summed E-state index contributed by atoms with van der Waals surface area (Å²) < 4.78 is 27.8. The first-order valence-electron chi connectivity index (χ1n) is 13.3. The number of amides is 2. The van der Waals surface area contributed by atoms with E-state index in [1.807, 2.05) is 58.3 Å². The van der Waals surface area contributed by atoms with Gasteiger partial charge >= 0.3 is 6.03 Å². The van der Waals surface area contributed by atoms with Crippen molar-refractivity contribution in [2.24, 2.45) is 0 Å². The van der Waals surface area contributed by atoms with Crippen LogP contribution >= 0.6 is 0 Å². The van der Waals surface area contributed by atoms with E-state index in [0.717, 1.165) is 81.2 Å². The number of benzene rings is 3. The van der Waals surface area contributed by atoms with E-state index in [4.69, 9.17) is 0 Å². The Morgan fingerprint density at radius 3 is 2.35 bits per heavy atom. The first-order valence-corrected chi connectivity index (χ1v) is 13.3. The van der Waals surface area contributed by atoms with Gasteiger partial charge < -0.3 is 14.7 Å². The lowest BCUT2D eigenvalue weighted by Gasteiger charge is -2.39. The van der Waals surface area contributed by atoms with Gasteiger partial charge in [-0.25, -0.2) is 13.6 Å². The summed E-state index contributed by atoms with van der Waals surface area (Å²) in [6, 6.07) is 21.9. The second-order valence-corrected chi connectivity index (χ2v) is 10.3. The molecule has 3 heterocycles. The number of unbranched alkanes of at least 4 members (excludes halogenated alkanes) is 1. The Kier molecular flexibility index (Phi) is 6.55. The lowest BCUT2D eigenvalue weighted by molar-refractivity contribution is 0.189. The first kappa shape index (κ1) is 23.9. The summed E-state index contributed by atoms with van der Waals surface area (Å²) in [5, 5.41) is 0. The Labute approximate surface area is 216 Å². The minimum absolute atomic E-state index is 0.0949. The van der Waals surface area contributed by atoms with Crippen LogP contribution in [0.25, 0.3) is 0 Å². The molecule has 5 nitrogen and oxygen atoms in total. The highest BCUT2D eigenvalue weighted by Crippen LogP contribution is 2.48. The molecular formula is C30H32F2N4O. The monoisotopic (exact) mass is 502 g/mol. The van der Waals surface area contributed by atoms with Gasteiger partial charge in [-0.2, -0.15) is 0 Å². The van der Waals surface area contributed by atoms with Crippen molar-refractivity contribution in [1.29, 1.82) is 0 Å². The van der Waals surface area contributed by atoms with Gasteiger partial charge in [-0.05, 0) is 86.0 Å². The van der Waals surface area contributed by atoms with Crippen LogP contribution < -0.4 is 9.80 Å². The largest absolute Gasteiger partial charge is 0.337 e. The summed E-state index contributed by atoms with van der Waals surface area (Å²) in [6.07, 6.45) is 2.95. The van der Waals surface area contributed by atoms with Crippen LogP contribution in [0.15, 0.2) is 72.8 Å². The molecule has 0 saturated carbocycles. The van der Waals surface area contributed by atoms with E-state index in [0.29, 0.717) is 0 Å². The highest BCUT2D eigenvalue weighted by Gasteiger charge is 2.42. The lowest BCUT2D eigenvalue weighted by atomic mass is 9.89. The number of para-hydroxylation sites is 1. The number of hydrogen-bond donors (Lipinski definition) is 0. The van der Waals surface area contributed by atoms with Crippen molar-refractivity contribution < 1.29 is 13.6 Å². The fraction of sp³-hybridized carbons (Fsp3) is 0.367. The Hall–Kier alpha value is -3.45. The molecule has 6 rings (SSSR count). The van der Waals surface area contributed by atoms with Gasteiger partial charge in [-0.3, -0.25) is 4.90 Å². The molecule has 0 aromatic heterocycles. The van der Waals surface area contributed by atoms with Crippen molar-refractivity contribution in [3.63, 3.8) is 0 Å². The molecule has 0 bridgehead atoms. The average molecular weight is 503 g/mol. The van der Waals surface area contributed by atoms with E-state index in [1.165, 1.54) is 18.2 Å². The molecule has 7 heteroatoms. The van der Waals surface area contributed by atoms with Gasteiger partial charge in [0.1, 0.15) is 11.6 Å². The number of piperidine rings is 1. The van der Waals surface area contributed by atoms with Gasteiger partial charge in [-0.15, -0.1) is 0 Å². The molecule has 2 amide bonds. The molecule has 192 valence electrons. The molecule has 3 aromatic rings. The molecule has 0 aliphatic carbocycles. The predicted molar refractivity (Wildman–Crippen MR) is 143 cm³/mol. The Morgan fingerprint density at radius 1 is 0.784 bits per heavy atom. The number of rotatable bonds is 7. The molecule has 3 aliphatic rings. The number of urea groups is 1. The smallest absolute Gasteiger partial charge is 0.324 e. The van der Waals surface area contributed by atoms with Gasteiger partial charge in [0.05, 0.1) is 0 Å². The highest BCUT2D eigenvalue weighted by atomic mass is 19.1. The summed E-state index contributed by atoms with van der Waals surface area (Å²) in [5.74, 6) is -0.253. The van der Waals surface area contributed by atoms with Crippen LogP contribution in [0.4, 0.5) is 30.6 Å². The summed E-state index contributed by atoms with van der Waals surface area (Å²) in [6.45, 7) is 5.09. The van der Waals surface area contributed by atoms with Gasteiger partial charge in [-0.1, -0.05) is 18.2 Å². The Morgan fingerprint density at radius 2 is 1.54 bits per heavy atom. The normalized spacial score (nSPS) is 21.5. The van der Waals surface area contributed by atoms with Crippen LogP contribution in [0, 0.1) is 11.6 Å². The summed E-state index contributed by atoms with van der Waals surface area (Å²) in [4.78, 5) is 21.4. The van der Waals surface area contributed by atoms with E-state index in [-0.39, 0.29) is 29.6 Å². The topological polar surface area (TPSA) is 30.0 Å². The second-order valence-electron chi connectivity index (χ2n) is 10.3. The van der Waals surface area contributed by atoms with Crippen molar-refractivity contribution in [3.05, 3.63) is 90.0 Å². The van der Waals surface area contributed by atoms with Crippen molar-refractivity contribution in [2.75, 3.05) is 49.1 Å². The third-order valence-corrected chi connectivity index (χ3v) is 8.06. The van der Waals surface area contributed by atoms with Crippen LogP contribution in [0.2, 0.25) is 0 Å². The maximum Gasteiger partial charge on any atom is 0.324 e. The van der Waals surface area contributed by atoms with Crippen LogP contribution in [-0.4, -0.2) is 61.1 Å². The predicted octanol–water partition coefficient (Wildman–Crippen LogP) is 6.00. The standard InChI is InChI=1S/C30H32F2N4O/c31-22-8-11-25(12-9-22)36-28-13-10-23(32)20-26(28)27-21-33(17-14-29(27)36)15-4-5-16-34-18-19-35(30(34)37)24-6-2-1-3-7-24/h1-3,6-13,20,27,29H,4-5,14-19,21H2. The van der Waals surface area contributed by atoms with Crippen LogP contribution in [0.1, 0.15) is 30.7 Å². The molecule has 2 fully saturated rings. The number of halogens is 2. The van der Waals surface area contributed by atoms with Crippen LogP contribution in [-0.2, 0) is 0 Å². The number of carbonyl (C=O) groups is 1. The Bertz CT molecular complexity index is 1250. The van der Waals surface area contributed by atoms with Crippen molar-refractivity contribution in [2.45, 2.75) is 31.2 Å². The third-order valence-electron chi connectivity index (χ3n) is 8.06. The fourth-order valence-corrected chi connectivity index (χ4v) is 6.25. The number of fused-ring (bicyclic) bond motifs is 3. The lowest BCUT2D eigenvalue weighted by Crippen LogP contribution is -2.45. The zero-order valence-corrected chi connectivity index (χ0v) is 20.9. The molecule has 3 aliphatic heterocycles. The van der Waals surface area contributed by atoms with E-state index >= 15 is 0 Å². The second kappa shape index (κ2) is 10.1. The average Bonchev–Trinajstić information content (AvgIpc) is 3.44. The number of likely N-dealkylation sites (tertiary alicyclic amines) is 1. The molecule has 2 unspecified atom stereocenters. The highest BCUT2D eigenvalue weighted by molar-refractivity contribution is 5.94. The van der Waals surface area contributed by atoms with Crippen molar-refractivity contribution in [1.82, 2.24) is 9.80 Å². The maximum atomic E-state index is 14.2. The molecule has 0 radical (unpaired) electrons. The maximum absolute atomic E-state index is 14.2. The quantitative estimate of drug-likeness (QED) is 0.372. The number of hydrogen-bond acceptors (Lipinski definition) is 3. The molecule has 2 saturated heterocycles. The molecule has 0 N–H and O–H groups in total. The minimum atomic E-state index is -0.253. The summed E-state index contributed by atoms with van der Waals surface area (Å²) >= 11 is 0. The van der Waals surface area contributed by atoms with Crippen molar-refractivity contribution in [3.8, 4) is 0 Å². The number of nitrogens with zero attached hydrogens (tertiary/aromatic N) is 4. The molecule has 37 heavy (non-hydrogen) atoms.